The summed E-state index contributed by atoms with van der Waals surface area (Å²) in [6.45, 7) is 6.79. The number of H-pyrrole nitrogens is 1. The van der Waals surface area contributed by atoms with Crippen molar-refractivity contribution in [3.8, 4) is 5.75 Å². The summed E-state index contributed by atoms with van der Waals surface area (Å²) in [4.78, 5) is 3.44. The summed E-state index contributed by atoms with van der Waals surface area (Å²) < 4.78 is 11.2. The zero-order valence-electron chi connectivity index (χ0n) is 12.6. The van der Waals surface area contributed by atoms with E-state index in [0.29, 0.717) is 23.5 Å². The van der Waals surface area contributed by atoms with Crippen molar-refractivity contribution in [2.45, 2.75) is 32.6 Å². The molecule has 2 aromatic rings. The first-order valence-electron chi connectivity index (χ1n) is 7.66. The third-order valence-electron chi connectivity index (χ3n) is 4.12. The minimum Gasteiger partial charge on any atom is -0.492 e. The predicted molar refractivity (Wildman–Crippen MR) is 86.4 cm³/mol. The maximum Gasteiger partial charge on any atom is 0.139 e. The first-order valence-corrected chi connectivity index (χ1v) is 8.04. The number of benzene rings is 1. The maximum absolute atomic E-state index is 6.32. The van der Waals surface area contributed by atoms with Gasteiger partial charge in [0.2, 0.25) is 0 Å². The van der Waals surface area contributed by atoms with Gasteiger partial charge in [0.1, 0.15) is 5.75 Å². The van der Waals surface area contributed by atoms with Crippen molar-refractivity contribution < 1.29 is 9.47 Å². The molecule has 21 heavy (non-hydrogen) atoms. The number of nitrogens with one attached hydrogen (secondary N) is 1. The van der Waals surface area contributed by atoms with Crippen LogP contribution in [0.25, 0.3) is 10.9 Å². The number of halogens is 1. The summed E-state index contributed by atoms with van der Waals surface area (Å²) in [6.07, 6.45) is 2.17. The van der Waals surface area contributed by atoms with Crippen LogP contribution in [0.5, 0.6) is 5.75 Å². The van der Waals surface area contributed by atoms with E-state index in [4.69, 9.17) is 21.1 Å². The summed E-state index contributed by atoms with van der Waals surface area (Å²) in [5.41, 5.74) is 2.31. The summed E-state index contributed by atoms with van der Waals surface area (Å²) in [7, 11) is 0. The summed E-state index contributed by atoms with van der Waals surface area (Å²) in [5, 5.41) is 1.82. The van der Waals surface area contributed by atoms with E-state index < -0.39 is 0 Å². The Morgan fingerprint density at radius 1 is 1.38 bits per heavy atom. The van der Waals surface area contributed by atoms with Gasteiger partial charge in [-0.05, 0) is 36.8 Å². The lowest BCUT2D eigenvalue weighted by Crippen LogP contribution is -2.07. The van der Waals surface area contributed by atoms with E-state index in [1.165, 1.54) is 5.69 Å². The quantitative estimate of drug-likeness (QED) is 0.865. The molecule has 0 aliphatic carbocycles. The van der Waals surface area contributed by atoms with Gasteiger partial charge in [0.15, 0.2) is 0 Å². The first-order chi connectivity index (χ1) is 10.1. The number of ether oxygens (including phenoxy) is 2. The van der Waals surface area contributed by atoms with E-state index in [0.717, 1.165) is 42.7 Å². The average Bonchev–Trinajstić information content (AvgIpc) is 3.07. The number of fused-ring (bicyclic) bond motifs is 1. The zero-order chi connectivity index (χ0) is 14.8. The largest absolute Gasteiger partial charge is 0.492 e. The van der Waals surface area contributed by atoms with Crippen LogP contribution in [-0.2, 0) is 4.74 Å². The number of aromatic nitrogens is 1. The number of hydrogen-bond acceptors (Lipinski definition) is 2. The van der Waals surface area contributed by atoms with Gasteiger partial charge in [0, 0.05) is 35.9 Å². The van der Waals surface area contributed by atoms with Gasteiger partial charge in [-0.3, -0.25) is 0 Å². The van der Waals surface area contributed by atoms with Crippen LogP contribution in [0.4, 0.5) is 0 Å². The third kappa shape index (κ3) is 3.35. The molecule has 2 heterocycles. The normalized spacial score (nSPS) is 18.8. The van der Waals surface area contributed by atoms with Gasteiger partial charge in [-0.1, -0.05) is 25.4 Å². The van der Waals surface area contributed by atoms with Gasteiger partial charge in [-0.15, -0.1) is 0 Å². The molecule has 1 aliphatic heterocycles. The SMILES string of the molecule is CC(C)c1cc2cc(Cl)c(OCCC3CCOC3)cc2[nH]1. The van der Waals surface area contributed by atoms with Gasteiger partial charge in [0.25, 0.3) is 0 Å². The Labute approximate surface area is 130 Å². The molecule has 114 valence electrons. The van der Waals surface area contributed by atoms with Crippen LogP contribution in [0.15, 0.2) is 18.2 Å². The van der Waals surface area contributed by atoms with Crippen molar-refractivity contribution in [3.63, 3.8) is 0 Å². The molecule has 1 aromatic carbocycles. The maximum atomic E-state index is 6.32. The highest BCUT2D eigenvalue weighted by atomic mass is 35.5. The van der Waals surface area contributed by atoms with Crippen LogP contribution in [0.2, 0.25) is 5.02 Å². The molecular weight excluding hydrogens is 286 g/mol. The van der Waals surface area contributed by atoms with Crippen LogP contribution in [0.3, 0.4) is 0 Å². The molecule has 1 unspecified atom stereocenters. The molecule has 1 aliphatic rings. The fourth-order valence-corrected chi connectivity index (χ4v) is 2.95. The molecule has 1 aromatic heterocycles. The summed E-state index contributed by atoms with van der Waals surface area (Å²) in [6, 6.07) is 6.15. The number of hydrogen-bond donors (Lipinski definition) is 1. The van der Waals surface area contributed by atoms with Gasteiger partial charge < -0.3 is 14.5 Å². The Morgan fingerprint density at radius 3 is 2.95 bits per heavy atom. The van der Waals surface area contributed by atoms with E-state index in [1.54, 1.807) is 0 Å². The second-order valence-corrected chi connectivity index (χ2v) is 6.52. The molecule has 0 saturated carbocycles. The number of aromatic amines is 1. The number of rotatable bonds is 5. The molecule has 0 radical (unpaired) electrons. The zero-order valence-corrected chi connectivity index (χ0v) is 13.4. The Bertz CT molecular complexity index is 615. The molecule has 1 N–H and O–H groups in total. The highest BCUT2D eigenvalue weighted by molar-refractivity contribution is 6.32. The van der Waals surface area contributed by atoms with E-state index in [9.17, 15) is 0 Å². The molecule has 1 atom stereocenters. The second-order valence-electron chi connectivity index (χ2n) is 6.12. The van der Waals surface area contributed by atoms with E-state index in [-0.39, 0.29) is 0 Å². The lowest BCUT2D eigenvalue weighted by molar-refractivity contribution is 0.178. The minimum absolute atomic E-state index is 0.475. The van der Waals surface area contributed by atoms with Crippen molar-refractivity contribution >= 4 is 22.5 Å². The molecule has 1 fully saturated rings. The summed E-state index contributed by atoms with van der Waals surface area (Å²) in [5.74, 6) is 1.87. The fourth-order valence-electron chi connectivity index (χ4n) is 2.72. The van der Waals surface area contributed by atoms with E-state index >= 15 is 0 Å². The molecule has 3 nitrogen and oxygen atoms in total. The van der Waals surface area contributed by atoms with E-state index in [1.807, 2.05) is 12.1 Å². The second kappa shape index (κ2) is 6.29. The monoisotopic (exact) mass is 307 g/mol. The summed E-state index contributed by atoms with van der Waals surface area (Å²) >= 11 is 6.32. The Hall–Kier alpha value is -1.19. The smallest absolute Gasteiger partial charge is 0.139 e. The van der Waals surface area contributed by atoms with Crippen LogP contribution in [0, 0.1) is 5.92 Å². The molecule has 3 rings (SSSR count). The predicted octanol–water partition coefficient (Wildman–Crippen LogP) is 4.75. The van der Waals surface area contributed by atoms with E-state index in [2.05, 4.69) is 24.9 Å². The van der Waals surface area contributed by atoms with Gasteiger partial charge in [-0.2, -0.15) is 0 Å². The first kappa shape index (κ1) is 14.7. The highest BCUT2D eigenvalue weighted by Crippen LogP contribution is 2.32. The van der Waals surface area contributed by atoms with Crippen molar-refractivity contribution in [1.82, 2.24) is 4.98 Å². The lowest BCUT2D eigenvalue weighted by Gasteiger charge is -2.11. The van der Waals surface area contributed by atoms with Crippen molar-refractivity contribution in [3.05, 3.63) is 28.9 Å². The lowest BCUT2D eigenvalue weighted by atomic mass is 10.1. The third-order valence-corrected chi connectivity index (χ3v) is 4.42. The topological polar surface area (TPSA) is 34.2 Å². The fraction of sp³-hybridized carbons (Fsp3) is 0.529. The Morgan fingerprint density at radius 2 is 2.24 bits per heavy atom. The minimum atomic E-state index is 0.475. The van der Waals surface area contributed by atoms with Crippen molar-refractivity contribution in [2.24, 2.45) is 5.92 Å². The average molecular weight is 308 g/mol. The Balaban J connectivity index is 1.70. The van der Waals surface area contributed by atoms with Gasteiger partial charge in [-0.25, -0.2) is 0 Å². The van der Waals surface area contributed by atoms with Crippen molar-refractivity contribution in [1.29, 1.82) is 0 Å². The standard InChI is InChI=1S/C17H22ClNO2/c1-11(2)15-8-13-7-14(18)17(9-16(13)19-15)21-6-4-12-3-5-20-10-12/h7-9,11-12,19H,3-6,10H2,1-2H3. The van der Waals surface area contributed by atoms with Crippen molar-refractivity contribution in [2.75, 3.05) is 19.8 Å². The van der Waals surface area contributed by atoms with Crippen LogP contribution in [0.1, 0.15) is 38.3 Å². The van der Waals surface area contributed by atoms with Crippen LogP contribution in [-0.4, -0.2) is 24.8 Å². The highest BCUT2D eigenvalue weighted by Gasteiger charge is 2.16. The van der Waals surface area contributed by atoms with Gasteiger partial charge >= 0.3 is 0 Å². The molecule has 0 spiro atoms. The molecule has 0 bridgehead atoms. The Kier molecular flexibility index (Phi) is 4.41. The molecule has 1 saturated heterocycles. The molecule has 4 heteroatoms. The van der Waals surface area contributed by atoms with Gasteiger partial charge in [0.05, 0.1) is 11.6 Å². The van der Waals surface area contributed by atoms with Crippen LogP contribution < -0.4 is 4.74 Å². The van der Waals surface area contributed by atoms with Crippen LogP contribution >= 0.6 is 11.6 Å². The molecular formula is C17H22ClNO2. The molecule has 0 amide bonds.